The Balaban J connectivity index is 1.73. The van der Waals surface area contributed by atoms with Gasteiger partial charge in [-0.1, -0.05) is 64.7 Å². The summed E-state index contributed by atoms with van der Waals surface area (Å²) in [5.41, 5.74) is -0.267. The normalized spacial score (nSPS) is 15.3. The van der Waals surface area contributed by atoms with Crippen LogP contribution in [0.15, 0.2) is 12.2 Å². The number of nitrogens with zero attached hydrogens (tertiary/aromatic N) is 3. The Hall–Kier alpha value is -3.30. The molecule has 2 rings (SSSR count). The smallest absolute Gasteiger partial charge is 0.348 e. The molecule has 1 fully saturated rings. The summed E-state index contributed by atoms with van der Waals surface area (Å²) in [5, 5.41) is 3.27. The van der Waals surface area contributed by atoms with Gasteiger partial charge in [0.15, 0.2) is 12.2 Å². The van der Waals surface area contributed by atoms with Crippen LogP contribution < -0.4 is 15.0 Å². The van der Waals surface area contributed by atoms with Gasteiger partial charge in [0.25, 0.3) is 5.88 Å². The molecule has 1 aromatic heterocycles. The molecular formula is C35H58N4O10S. The minimum atomic E-state index is -1.33. The van der Waals surface area contributed by atoms with Crippen LogP contribution in [0.25, 0.3) is 0 Å². The van der Waals surface area contributed by atoms with E-state index < -0.39 is 42.2 Å². The molecule has 50 heavy (non-hydrogen) atoms. The van der Waals surface area contributed by atoms with Crippen molar-refractivity contribution in [2.45, 2.75) is 130 Å². The Morgan fingerprint density at radius 1 is 0.840 bits per heavy atom. The number of unbranched alkanes of at least 4 members (excludes halogenated alkanes) is 9. The van der Waals surface area contributed by atoms with E-state index in [2.05, 4.69) is 21.0 Å². The van der Waals surface area contributed by atoms with E-state index in [-0.39, 0.29) is 25.3 Å². The van der Waals surface area contributed by atoms with Gasteiger partial charge >= 0.3 is 23.9 Å². The Kier molecular flexibility index (Phi) is 20.6. The number of anilines is 1. The number of ether oxygens (including phenoxy) is 6. The molecular weight excluding hydrogens is 668 g/mol. The summed E-state index contributed by atoms with van der Waals surface area (Å²) in [7, 11) is 0. The molecule has 15 heteroatoms. The maximum atomic E-state index is 12.6. The van der Waals surface area contributed by atoms with Crippen LogP contribution in [-0.2, 0) is 42.9 Å². The van der Waals surface area contributed by atoms with Gasteiger partial charge in [0, 0.05) is 37.3 Å². The Bertz CT molecular complexity index is 1180. The van der Waals surface area contributed by atoms with Crippen LogP contribution >= 0.6 is 11.7 Å². The molecule has 0 saturated carbocycles. The highest BCUT2D eigenvalue weighted by molar-refractivity contribution is 6.99. The second kappa shape index (κ2) is 24.0. The number of morpholine rings is 1. The van der Waals surface area contributed by atoms with Crippen molar-refractivity contribution in [3.05, 3.63) is 12.2 Å². The number of rotatable bonds is 24. The topological polar surface area (TPSA) is 165 Å². The molecule has 2 unspecified atom stereocenters. The van der Waals surface area contributed by atoms with Crippen LogP contribution in [0.4, 0.5) is 5.82 Å². The minimum absolute atomic E-state index is 0.0153. The van der Waals surface area contributed by atoms with E-state index in [0.717, 1.165) is 43.1 Å². The van der Waals surface area contributed by atoms with Crippen LogP contribution in [0.2, 0.25) is 0 Å². The molecule has 1 aliphatic rings. The lowest BCUT2D eigenvalue weighted by Gasteiger charge is -2.27. The molecule has 0 spiro atoms. The van der Waals surface area contributed by atoms with Crippen LogP contribution in [0.5, 0.6) is 5.88 Å². The average Bonchev–Trinajstić information content (AvgIpc) is 3.56. The predicted molar refractivity (Wildman–Crippen MR) is 189 cm³/mol. The first-order valence-corrected chi connectivity index (χ1v) is 18.6. The third-order valence-electron chi connectivity index (χ3n) is 7.65. The Morgan fingerprint density at radius 3 is 2.04 bits per heavy atom. The summed E-state index contributed by atoms with van der Waals surface area (Å²) in [6.45, 7) is 13.8. The lowest BCUT2D eigenvalue weighted by atomic mass is 10.1. The number of carbonyl (C=O) groups excluding carboxylic acids is 4. The van der Waals surface area contributed by atoms with E-state index in [1.165, 1.54) is 58.8 Å². The maximum Gasteiger partial charge on any atom is 0.348 e. The van der Waals surface area contributed by atoms with Crippen molar-refractivity contribution in [1.29, 1.82) is 0 Å². The molecule has 1 N–H and O–H groups in total. The monoisotopic (exact) mass is 726 g/mol. The van der Waals surface area contributed by atoms with Crippen molar-refractivity contribution in [3.63, 3.8) is 0 Å². The lowest BCUT2D eigenvalue weighted by Crippen LogP contribution is -2.44. The summed E-state index contributed by atoms with van der Waals surface area (Å²) in [4.78, 5) is 51.7. The van der Waals surface area contributed by atoms with Gasteiger partial charge in [-0.25, -0.2) is 19.2 Å². The molecule has 0 aliphatic carbocycles. The Labute approximate surface area is 301 Å². The van der Waals surface area contributed by atoms with E-state index in [4.69, 9.17) is 28.4 Å². The third-order valence-corrected chi connectivity index (χ3v) is 8.15. The zero-order valence-electron chi connectivity index (χ0n) is 30.7. The molecule has 284 valence electrons. The van der Waals surface area contributed by atoms with E-state index >= 15 is 0 Å². The van der Waals surface area contributed by atoms with Crippen molar-refractivity contribution < 1.29 is 47.6 Å². The molecule has 0 radical (unpaired) electrons. The fourth-order valence-electron chi connectivity index (χ4n) is 4.76. The first-order valence-electron chi connectivity index (χ1n) is 17.9. The summed E-state index contributed by atoms with van der Waals surface area (Å²) < 4.78 is 40.8. The van der Waals surface area contributed by atoms with Gasteiger partial charge in [-0.3, -0.25) is 0 Å². The van der Waals surface area contributed by atoms with Crippen molar-refractivity contribution in [2.24, 2.45) is 0 Å². The second-order valence-corrected chi connectivity index (χ2v) is 13.9. The SMILES string of the molecule is CCCCCCCCCCCCOC(=O)C(C)OC(=O)C(C)OC(=O)/C=C/C(=O)O[C@@H](CNC(C)(C)C)COc1nsnc1N1CCOCC1. The van der Waals surface area contributed by atoms with E-state index in [1.54, 1.807) is 0 Å². The molecule has 2 heterocycles. The van der Waals surface area contributed by atoms with Gasteiger partial charge in [0.05, 0.1) is 31.5 Å². The van der Waals surface area contributed by atoms with Gasteiger partial charge in [-0.05, 0) is 41.0 Å². The maximum absolute atomic E-state index is 12.6. The minimum Gasteiger partial charge on any atom is -0.470 e. The van der Waals surface area contributed by atoms with E-state index in [1.807, 2.05) is 25.7 Å². The van der Waals surface area contributed by atoms with Gasteiger partial charge in [-0.15, -0.1) is 4.37 Å². The van der Waals surface area contributed by atoms with E-state index in [9.17, 15) is 19.2 Å². The summed E-state index contributed by atoms with van der Waals surface area (Å²) in [6, 6.07) is 0. The number of esters is 4. The summed E-state index contributed by atoms with van der Waals surface area (Å²) in [5.74, 6) is -2.42. The van der Waals surface area contributed by atoms with Crippen LogP contribution in [0.3, 0.4) is 0 Å². The van der Waals surface area contributed by atoms with Crippen molar-refractivity contribution >= 4 is 41.4 Å². The van der Waals surface area contributed by atoms with Crippen LogP contribution in [0.1, 0.15) is 106 Å². The molecule has 0 bridgehead atoms. The zero-order valence-corrected chi connectivity index (χ0v) is 31.6. The number of aromatic nitrogens is 2. The van der Waals surface area contributed by atoms with Crippen LogP contribution in [0, 0.1) is 0 Å². The highest BCUT2D eigenvalue weighted by Crippen LogP contribution is 2.26. The molecule has 1 saturated heterocycles. The fraction of sp³-hybridized carbons (Fsp3) is 0.771. The van der Waals surface area contributed by atoms with Gasteiger partial charge in [0.2, 0.25) is 5.82 Å². The average molecular weight is 727 g/mol. The molecule has 1 aliphatic heterocycles. The zero-order chi connectivity index (χ0) is 36.8. The molecule has 0 amide bonds. The molecule has 3 atom stereocenters. The summed E-state index contributed by atoms with van der Waals surface area (Å²) >= 11 is 1.02. The number of carbonyl (C=O) groups is 4. The number of hydrogen-bond acceptors (Lipinski definition) is 15. The first kappa shape index (κ1) is 42.9. The highest BCUT2D eigenvalue weighted by Gasteiger charge is 2.26. The highest BCUT2D eigenvalue weighted by atomic mass is 32.1. The van der Waals surface area contributed by atoms with E-state index in [0.29, 0.717) is 38.0 Å². The standard InChI is InChI=1S/C35H58N4O10S/c1-7-8-9-10-11-12-13-14-15-16-21-45-33(42)26(2)48-34(43)27(3)47-29(40)17-18-30(41)49-28(24-36-35(4,5)6)25-46-32-31(37-50-38-32)39-19-22-44-23-20-39/h17-18,26-28,36H,7-16,19-25H2,1-6H3/b18-17+/t26?,27?,28-/m0/s1. The quantitative estimate of drug-likeness (QED) is 0.0659. The van der Waals surface area contributed by atoms with Gasteiger partial charge in [-0.2, -0.15) is 4.37 Å². The van der Waals surface area contributed by atoms with Gasteiger partial charge < -0.3 is 38.6 Å². The predicted octanol–water partition coefficient (Wildman–Crippen LogP) is 4.94. The number of hydrogen-bond donors (Lipinski definition) is 1. The second-order valence-electron chi connectivity index (χ2n) is 13.3. The molecule has 14 nitrogen and oxygen atoms in total. The summed E-state index contributed by atoms with van der Waals surface area (Å²) in [6.07, 6.45) is 10.2. The number of nitrogens with one attached hydrogen (secondary N) is 1. The van der Waals surface area contributed by atoms with Crippen molar-refractivity contribution in [2.75, 3.05) is 51.0 Å². The third kappa shape index (κ3) is 18.6. The molecule has 0 aromatic carbocycles. The largest absolute Gasteiger partial charge is 0.470 e. The van der Waals surface area contributed by atoms with Crippen LogP contribution in [-0.4, -0.2) is 103 Å². The fourth-order valence-corrected chi connectivity index (χ4v) is 5.28. The lowest BCUT2D eigenvalue weighted by molar-refractivity contribution is -0.175. The van der Waals surface area contributed by atoms with Gasteiger partial charge in [0.1, 0.15) is 12.7 Å². The first-order chi connectivity index (χ1) is 23.9. The van der Waals surface area contributed by atoms with Crippen molar-refractivity contribution in [3.8, 4) is 5.88 Å². The molecule has 1 aromatic rings. The van der Waals surface area contributed by atoms with Crippen molar-refractivity contribution in [1.82, 2.24) is 14.1 Å². The Morgan fingerprint density at radius 2 is 1.42 bits per heavy atom.